The van der Waals surface area contributed by atoms with Crippen LogP contribution in [0.4, 0.5) is 4.79 Å². The summed E-state index contributed by atoms with van der Waals surface area (Å²) in [6.45, 7) is 1.72. The molecule has 1 amide bonds. The van der Waals surface area contributed by atoms with Gasteiger partial charge in [-0.15, -0.1) is 0 Å². The first-order valence-electron chi connectivity index (χ1n) is 8.21. The minimum Gasteiger partial charge on any atom is -0.450 e. The van der Waals surface area contributed by atoms with Crippen molar-refractivity contribution in [3.63, 3.8) is 0 Å². The number of nitrogens with one attached hydrogen (secondary N) is 2. The van der Waals surface area contributed by atoms with E-state index >= 15 is 0 Å². The number of rotatable bonds is 5. The minimum atomic E-state index is -4.07. The fourth-order valence-corrected chi connectivity index (χ4v) is 6.41. The van der Waals surface area contributed by atoms with Crippen LogP contribution in [-0.4, -0.2) is 58.1 Å². The number of alkyl carbamates (subject to hydrolysis) is 1. The highest BCUT2D eigenvalue weighted by Gasteiger charge is 2.41. The van der Waals surface area contributed by atoms with E-state index in [0.29, 0.717) is 5.39 Å². The Morgan fingerprint density at radius 3 is 2.67 bits per heavy atom. The van der Waals surface area contributed by atoms with Crippen LogP contribution in [0.25, 0.3) is 10.9 Å². The molecular formula is C16H19N3O6S2. The van der Waals surface area contributed by atoms with Crippen molar-refractivity contribution in [1.29, 1.82) is 0 Å². The van der Waals surface area contributed by atoms with Gasteiger partial charge < -0.3 is 10.1 Å². The van der Waals surface area contributed by atoms with Crippen LogP contribution in [0, 0.1) is 0 Å². The monoisotopic (exact) mass is 413 g/mol. The van der Waals surface area contributed by atoms with Crippen molar-refractivity contribution in [2.45, 2.75) is 23.9 Å². The van der Waals surface area contributed by atoms with Gasteiger partial charge in [0.25, 0.3) is 0 Å². The van der Waals surface area contributed by atoms with E-state index in [4.69, 9.17) is 4.74 Å². The van der Waals surface area contributed by atoms with Crippen molar-refractivity contribution in [1.82, 2.24) is 15.0 Å². The molecule has 0 radical (unpaired) electrons. The Labute approximate surface area is 157 Å². The van der Waals surface area contributed by atoms with Gasteiger partial charge in [-0.05, 0) is 19.1 Å². The third-order valence-electron chi connectivity index (χ3n) is 4.12. The zero-order valence-corrected chi connectivity index (χ0v) is 16.1. The second kappa shape index (κ2) is 7.41. The first kappa shape index (κ1) is 19.5. The second-order valence-corrected chi connectivity index (χ2v) is 9.94. The van der Waals surface area contributed by atoms with Crippen LogP contribution in [0.1, 0.15) is 6.92 Å². The van der Waals surface area contributed by atoms with Crippen molar-refractivity contribution in [3.05, 3.63) is 36.5 Å². The number of hydrogen-bond donors (Lipinski definition) is 2. The summed E-state index contributed by atoms with van der Waals surface area (Å²) in [4.78, 5) is 15.7. The molecule has 2 N–H and O–H groups in total. The largest absolute Gasteiger partial charge is 0.450 e. The Bertz CT molecular complexity index is 1060. The van der Waals surface area contributed by atoms with Gasteiger partial charge in [0.15, 0.2) is 9.84 Å². The van der Waals surface area contributed by atoms with Crippen molar-refractivity contribution in [2.75, 3.05) is 18.1 Å². The standard InChI is InChI=1S/C16H19N3O6S2/c1-2-25-16(20)18-12-9-26(21,22)10-13(12)19-27(23,24)14-7-3-5-11-6-4-8-17-15(11)14/h3-8,12-13,19H,2,9-10H2,1H3,(H,18,20)/t12-,13+/m1/s1. The number of nitrogens with zero attached hydrogens (tertiary/aromatic N) is 1. The molecule has 0 spiro atoms. The molecule has 2 atom stereocenters. The van der Waals surface area contributed by atoms with Crippen molar-refractivity contribution in [2.24, 2.45) is 0 Å². The van der Waals surface area contributed by atoms with Gasteiger partial charge in [0.2, 0.25) is 10.0 Å². The Hall–Kier alpha value is -2.24. The lowest BCUT2D eigenvalue weighted by atomic mass is 10.2. The molecule has 1 saturated heterocycles. The van der Waals surface area contributed by atoms with Gasteiger partial charge in [-0.25, -0.2) is 26.4 Å². The van der Waals surface area contributed by atoms with Gasteiger partial charge in [-0.3, -0.25) is 4.98 Å². The number of carbonyl (C=O) groups excluding carboxylic acids is 1. The normalized spacial score (nSPS) is 21.8. The molecule has 11 heteroatoms. The number of hydrogen-bond acceptors (Lipinski definition) is 7. The number of para-hydroxylation sites is 1. The first-order chi connectivity index (χ1) is 12.7. The van der Waals surface area contributed by atoms with E-state index in [2.05, 4.69) is 15.0 Å². The molecule has 2 heterocycles. The Morgan fingerprint density at radius 1 is 1.22 bits per heavy atom. The molecule has 0 aliphatic carbocycles. The molecule has 0 unspecified atom stereocenters. The van der Waals surface area contributed by atoms with Crippen LogP contribution >= 0.6 is 0 Å². The van der Waals surface area contributed by atoms with E-state index in [9.17, 15) is 21.6 Å². The maximum Gasteiger partial charge on any atom is 0.407 e. The Kier molecular flexibility index (Phi) is 5.36. The molecule has 0 bridgehead atoms. The minimum absolute atomic E-state index is 0.0558. The van der Waals surface area contributed by atoms with E-state index in [0.717, 1.165) is 0 Å². The lowest BCUT2D eigenvalue weighted by molar-refractivity contribution is 0.148. The number of benzene rings is 1. The Morgan fingerprint density at radius 2 is 1.93 bits per heavy atom. The number of sulfonamides is 1. The second-order valence-electron chi connectivity index (χ2n) is 6.11. The van der Waals surface area contributed by atoms with E-state index in [-0.39, 0.29) is 22.8 Å². The molecular weight excluding hydrogens is 394 g/mol. The molecule has 1 aliphatic heterocycles. The van der Waals surface area contributed by atoms with Crippen LogP contribution in [0.5, 0.6) is 0 Å². The summed E-state index contributed by atoms with van der Waals surface area (Å²) in [7, 11) is -7.59. The summed E-state index contributed by atoms with van der Waals surface area (Å²) in [5, 5.41) is 3.05. The molecule has 1 fully saturated rings. The maximum atomic E-state index is 12.9. The molecule has 3 rings (SSSR count). The van der Waals surface area contributed by atoms with Gasteiger partial charge in [-0.2, -0.15) is 0 Å². The summed E-state index contributed by atoms with van der Waals surface area (Å²) in [5.41, 5.74) is 0.281. The molecule has 2 aromatic rings. The number of pyridine rings is 1. The number of aromatic nitrogens is 1. The highest BCUT2D eigenvalue weighted by Crippen LogP contribution is 2.22. The number of ether oxygens (including phenoxy) is 1. The maximum absolute atomic E-state index is 12.9. The van der Waals surface area contributed by atoms with E-state index in [1.807, 2.05) is 0 Å². The predicted octanol–water partition coefficient (Wildman–Crippen LogP) is 0.425. The summed E-state index contributed by atoms with van der Waals surface area (Å²) in [6, 6.07) is 6.19. The Balaban J connectivity index is 1.90. The third kappa shape index (κ3) is 4.37. The lowest BCUT2D eigenvalue weighted by Crippen LogP contribution is -2.51. The van der Waals surface area contributed by atoms with Gasteiger partial charge >= 0.3 is 6.09 Å². The predicted molar refractivity (Wildman–Crippen MR) is 98.5 cm³/mol. The number of sulfone groups is 1. The quantitative estimate of drug-likeness (QED) is 0.726. The SMILES string of the molecule is CCOC(=O)N[C@@H]1CS(=O)(=O)C[C@@H]1NS(=O)(=O)c1cccc2cccnc12. The van der Waals surface area contributed by atoms with Crippen molar-refractivity contribution < 1.29 is 26.4 Å². The van der Waals surface area contributed by atoms with E-state index in [1.54, 1.807) is 31.2 Å². The summed E-state index contributed by atoms with van der Waals surface area (Å²) in [5.74, 6) is -0.783. The van der Waals surface area contributed by atoms with Gasteiger partial charge in [0.05, 0.1) is 35.7 Å². The third-order valence-corrected chi connectivity index (χ3v) is 7.38. The molecule has 1 aromatic heterocycles. The first-order valence-corrected chi connectivity index (χ1v) is 11.5. The zero-order valence-electron chi connectivity index (χ0n) is 14.5. The van der Waals surface area contributed by atoms with Crippen molar-refractivity contribution >= 4 is 36.9 Å². The average molecular weight is 413 g/mol. The van der Waals surface area contributed by atoms with Crippen LogP contribution in [0.15, 0.2) is 41.4 Å². The van der Waals surface area contributed by atoms with Gasteiger partial charge in [0, 0.05) is 11.6 Å². The molecule has 146 valence electrons. The molecule has 9 nitrogen and oxygen atoms in total. The van der Waals surface area contributed by atoms with Crippen LogP contribution in [0.3, 0.4) is 0 Å². The van der Waals surface area contributed by atoms with Crippen LogP contribution < -0.4 is 10.0 Å². The fraction of sp³-hybridized carbons (Fsp3) is 0.375. The molecule has 0 saturated carbocycles. The fourth-order valence-electron chi connectivity index (χ4n) is 2.99. The number of amides is 1. The topological polar surface area (TPSA) is 132 Å². The number of fused-ring (bicyclic) bond motifs is 1. The van der Waals surface area contributed by atoms with E-state index < -0.39 is 43.8 Å². The molecule has 1 aromatic carbocycles. The highest BCUT2D eigenvalue weighted by atomic mass is 32.2. The van der Waals surface area contributed by atoms with Crippen LogP contribution in [0.2, 0.25) is 0 Å². The molecule has 1 aliphatic rings. The summed E-state index contributed by atoms with van der Waals surface area (Å²) in [6.07, 6.45) is 0.683. The molecule has 27 heavy (non-hydrogen) atoms. The smallest absolute Gasteiger partial charge is 0.407 e. The van der Waals surface area contributed by atoms with Gasteiger partial charge in [-0.1, -0.05) is 18.2 Å². The van der Waals surface area contributed by atoms with Crippen molar-refractivity contribution in [3.8, 4) is 0 Å². The highest BCUT2D eigenvalue weighted by molar-refractivity contribution is 7.92. The lowest BCUT2D eigenvalue weighted by Gasteiger charge is -2.20. The van der Waals surface area contributed by atoms with Crippen LogP contribution in [-0.2, 0) is 24.6 Å². The summed E-state index contributed by atoms with van der Waals surface area (Å²) >= 11 is 0. The number of carbonyl (C=O) groups is 1. The van der Waals surface area contributed by atoms with E-state index in [1.165, 1.54) is 12.3 Å². The average Bonchev–Trinajstić information content (AvgIpc) is 2.87. The van der Waals surface area contributed by atoms with Gasteiger partial charge in [0.1, 0.15) is 4.90 Å². The summed E-state index contributed by atoms with van der Waals surface area (Å²) < 4.78 is 56.9. The zero-order chi connectivity index (χ0) is 19.7.